The van der Waals surface area contributed by atoms with Crippen molar-refractivity contribution in [1.82, 2.24) is 14.9 Å². The van der Waals surface area contributed by atoms with Crippen molar-refractivity contribution in [3.63, 3.8) is 0 Å². The number of nitrogens with zero attached hydrogens (tertiary/aromatic N) is 4. The summed E-state index contributed by atoms with van der Waals surface area (Å²) < 4.78 is 39.1. The van der Waals surface area contributed by atoms with Crippen LogP contribution in [0.2, 0.25) is 5.02 Å². The molecule has 3 aromatic rings. The second kappa shape index (κ2) is 9.62. The molecule has 1 fully saturated rings. The molecule has 1 saturated heterocycles. The highest BCUT2D eigenvalue weighted by Gasteiger charge is 2.32. The zero-order valence-electron chi connectivity index (χ0n) is 18.9. The maximum Gasteiger partial charge on any atom is 0.416 e. The third-order valence-corrected chi connectivity index (χ3v) is 6.15. The zero-order chi connectivity index (χ0) is 24.5. The van der Waals surface area contributed by atoms with E-state index in [-0.39, 0.29) is 5.56 Å². The summed E-state index contributed by atoms with van der Waals surface area (Å²) in [7, 11) is 0. The predicted molar refractivity (Wildman–Crippen MR) is 125 cm³/mol. The molecule has 0 aliphatic carbocycles. The minimum absolute atomic E-state index is 0.0421. The lowest BCUT2D eigenvalue weighted by atomic mass is 10.0. The van der Waals surface area contributed by atoms with Crippen molar-refractivity contribution in [3.8, 4) is 0 Å². The van der Waals surface area contributed by atoms with Crippen molar-refractivity contribution in [1.29, 1.82) is 0 Å². The lowest BCUT2D eigenvalue weighted by Crippen LogP contribution is -2.49. The number of alkyl halides is 3. The Kier molecular flexibility index (Phi) is 6.79. The molecule has 9 heteroatoms. The second-order valence-corrected chi connectivity index (χ2v) is 8.76. The van der Waals surface area contributed by atoms with E-state index in [0.29, 0.717) is 43.4 Å². The van der Waals surface area contributed by atoms with Gasteiger partial charge in [0.1, 0.15) is 11.6 Å². The molecule has 1 aliphatic heterocycles. The van der Waals surface area contributed by atoms with Gasteiger partial charge in [0.05, 0.1) is 5.56 Å². The first-order valence-electron chi connectivity index (χ1n) is 10.9. The van der Waals surface area contributed by atoms with E-state index < -0.39 is 17.6 Å². The first-order valence-corrected chi connectivity index (χ1v) is 11.3. The molecular formula is C25H24ClF3N4O. The van der Waals surface area contributed by atoms with Gasteiger partial charge in [-0.15, -0.1) is 0 Å². The molecule has 0 atom stereocenters. The van der Waals surface area contributed by atoms with Gasteiger partial charge in [0.2, 0.25) is 0 Å². The second-order valence-electron chi connectivity index (χ2n) is 8.32. The maximum atomic E-state index is 13.0. The van der Waals surface area contributed by atoms with Crippen molar-refractivity contribution >= 4 is 23.3 Å². The SMILES string of the molecule is Cc1nc(C)c(Cc2ccc(Cl)cc2)c(N2CCN(C(=O)c3cccc(C(F)(F)F)c3)CC2)n1. The van der Waals surface area contributed by atoms with E-state index >= 15 is 0 Å². The van der Waals surface area contributed by atoms with Gasteiger partial charge in [0, 0.05) is 54.4 Å². The van der Waals surface area contributed by atoms with Gasteiger partial charge in [-0.1, -0.05) is 29.8 Å². The minimum Gasteiger partial charge on any atom is -0.353 e. The van der Waals surface area contributed by atoms with Gasteiger partial charge in [0.25, 0.3) is 5.91 Å². The number of amides is 1. The summed E-state index contributed by atoms with van der Waals surface area (Å²) in [5.41, 5.74) is 2.20. The molecule has 2 heterocycles. The molecular weight excluding hydrogens is 465 g/mol. The topological polar surface area (TPSA) is 49.3 Å². The summed E-state index contributed by atoms with van der Waals surface area (Å²) in [5, 5.41) is 0.669. The average Bonchev–Trinajstić information content (AvgIpc) is 2.81. The fourth-order valence-electron chi connectivity index (χ4n) is 4.13. The lowest BCUT2D eigenvalue weighted by molar-refractivity contribution is -0.137. The van der Waals surface area contributed by atoms with Gasteiger partial charge in [-0.2, -0.15) is 13.2 Å². The Balaban J connectivity index is 1.51. The summed E-state index contributed by atoms with van der Waals surface area (Å²) in [6.45, 7) is 5.62. The highest BCUT2D eigenvalue weighted by molar-refractivity contribution is 6.30. The first kappa shape index (κ1) is 24.0. The van der Waals surface area contributed by atoms with Crippen LogP contribution >= 0.6 is 11.6 Å². The predicted octanol–water partition coefficient (Wildman–Crippen LogP) is 5.32. The third kappa shape index (κ3) is 5.33. The van der Waals surface area contributed by atoms with Gasteiger partial charge < -0.3 is 9.80 Å². The number of piperazine rings is 1. The normalized spacial score (nSPS) is 14.4. The number of anilines is 1. The number of aromatic nitrogens is 2. The highest BCUT2D eigenvalue weighted by Crippen LogP contribution is 2.30. The van der Waals surface area contributed by atoms with E-state index in [0.717, 1.165) is 34.8 Å². The molecule has 1 aromatic heterocycles. The van der Waals surface area contributed by atoms with Crippen LogP contribution in [0, 0.1) is 13.8 Å². The number of carbonyl (C=O) groups excluding carboxylic acids is 1. The van der Waals surface area contributed by atoms with Gasteiger partial charge in [-0.25, -0.2) is 9.97 Å². The molecule has 178 valence electrons. The van der Waals surface area contributed by atoms with Crippen LogP contribution in [0.3, 0.4) is 0 Å². The first-order chi connectivity index (χ1) is 16.1. The Morgan fingerprint density at radius 1 is 1.00 bits per heavy atom. The number of carbonyl (C=O) groups is 1. The number of aryl methyl sites for hydroxylation is 2. The molecule has 2 aromatic carbocycles. The fraction of sp³-hybridized carbons (Fsp3) is 0.320. The molecule has 1 amide bonds. The molecule has 0 radical (unpaired) electrons. The zero-order valence-corrected chi connectivity index (χ0v) is 19.6. The molecule has 34 heavy (non-hydrogen) atoms. The molecule has 0 N–H and O–H groups in total. The monoisotopic (exact) mass is 488 g/mol. The van der Waals surface area contributed by atoms with Crippen molar-refractivity contribution < 1.29 is 18.0 Å². The van der Waals surface area contributed by atoms with E-state index in [1.807, 2.05) is 38.1 Å². The van der Waals surface area contributed by atoms with Crippen LogP contribution < -0.4 is 4.90 Å². The van der Waals surface area contributed by atoms with Crippen LogP contribution in [0.15, 0.2) is 48.5 Å². The summed E-state index contributed by atoms with van der Waals surface area (Å²) >= 11 is 6.01. The number of hydrogen-bond acceptors (Lipinski definition) is 4. The quantitative estimate of drug-likeness (QED) is 0.499. The van der Waals surface area contributed by atoms with Crippen molar-refractivity contribution in [2.45, 2.75) is 26.4 Å². The smallest absolute Gasteiger partial charge is 0.353 e. The number of rotatable bonds is 4. The van der Waals surface area contributed by atoms with Crippen LogP contribution in [-0.2, 0) is 12.6 Å². The maximum absolute atomic E-state index is 13.0. The van der Waals surface area contributed by atoms with E-state index in [1.54, 1.807) is 4.90 Å². The van der Waals surface area contributed by atoms with E-state index in [4.69, 9.17) is 16.6 Å². The van der Waals surface area contributed by atoms with Crippen molar-refractivity contribution in [2.75, 3.05) is 31.1 Å². The van der Waals surface area contributed by atoms with Gasteiger partial charge >= 0.3 is 6.18 Å². The molecule has 0 unspecified atom stereocenters. The third-order valence-electron chi connectivity index (χ3n) is 5.90. The largest absolute Gasteiger partial charge is 0.416 e. The highest BCUT2D eigenvalue weighted by atomic mass is 35.5. The van der Waals surface area contributed by atoms with Gasteiger partial charge in [-0.3, -0.25) is 4.79 Å². The average molecular weight is 489 g/mol. The molecule has 0 spiro atoms. The molecule has 0 saturated carbocycles. The summed E-state index contributed by atoms with van der Waals surface area (Å²) in [4.78, 5) is 25.8. The number of halogens is 4. The Morgan fingerprint density at radius 3 is 2.32 bits per heavy atom. The van der Waals surface area contributed by atoms with Crippen molar-refractivity contribution in [3.05, 3.63) is 87.3 Å². The van der Waals surface area contributed by atoms with Crippen LogP contribution in [0.1, 0.15) is 38.6 Å². The minimum atomic E-state index is -4.49. The van der Waals surface area contributed by atoms with E-state index in [9.17, 15) is 18.0 Å². The molecule has 0 bridgehead atoms. The van der Waals surface area contributed by atoms with Crippen LogP contribution in [0.5, 0.6) is 0 Å². The van der Waals surface area contributed by atoms with E-state index in [2.05, 4.69) is 9.88 Å². The summed E-state index contributed by atoms with van der Waals surface area (Å²) in [6.07, 6.45) is -3.85. The van der Waals surface area contributed by atoms with Crippen LogP contribution in [-0.4, -0.2) is 47.0 Å². The Morgan fingerprint density at radius 2 is 1.68 bits per heavy atom. The van der Waals surface area contributed by atoms with Gasteiger partial charge in [-0.05, 0) is 49.7 Å². The standard InChI is InChI=1S/C25H24ClF3N4O/c1-16-22(14-18-6-8-21(26)9-7-18)23(31-17(2)30-16)32-10-12-33(13-11-32)24(34)19-4-3-5-20(15-19)25(27,28)29/h3-9,15H,10-14H2,1-2H3. The molecule has 1 aliphatic rings. The summed E-state index contributed by atoms with van der Waals surface area (Å²) in [6, 6.07) is 12.2. The fourth-order valence-corrected chi connectivity index (χ4v) is 4.25. The Hall–Kier alpha value is -3.13. The van der Waals surface area contributed by atoms with Crippen LogP contribution in [0.4, 0.5) is 19.0 Å². The molecule has 4 rings (SSSR count). The molecule has 5 nitrogen and oxygen atoms in total. The van der Waals surface area contributed by atoms with Crippen LogP contribution in [0.25, 0.3) is 0 Å². The van der Waals surface area contributed by atoms with Gasteiger partial charge in [0.15, 0.2) is 0 Å². The Labute approximate surface area is 201 Å². The van der Waals surface area contributed by atoms with Crippen molar-refractivity contribution in [2.24, 2.45) is 0 Å². The number of hydrogen-bond donors (Lipinski definition) is 0. The lowest BCUT2D eigenvalue weighted by Gasteiger charge is -2.36. The Bertz CT molecular complexity index is 1190. The number of benzene rings is 2. The van der Waals surface area contributed by atoms with E-state index in [1.165, 1.54) is 12.1 Å². The summed E-state index contributed by atoms with van der Waals surface area (Å²) in [5.74, 6) is 1.09.